The summed E-state index contributed by atoms with van der Waals surface area (Å²) in [6, 6.07) is 4.06. The van der Waals surface area contributed by atoms with Gasteiger partial charge in [0.25, 0.3) is 0 Å². The Morgan fingerprint density at radius 3 is 2.76 bits per heavy atom. The third-order valence-corrected chi connectivity index (χ3v) is 3.73. The number of benzene rings is 1. The van der Waals surface area contributed by atoms with Gasteiger partial charge in [0.05, 0.1) is 22.5 Å². The number of halogens is 2. The van der Waals surface area contributed by atoms with Crippen LogP contribution in [0.5, 0.6) is 5.75 Å². The number of hydrogen-bond acceptors (Lipinski definition) is 3. The fraction of sp³-hybridized carbons (Fsp3) is 0.400. The molecule has 1 N–H and O–H groups in total. The standard InChI is InChI=1S/C15H18ClFN2O2/c1-4-12-15(16)13(19(3)18-12)8-21-14-6-5-10(17)7-11(14)9(2)20/h5-7,9,20H,4,8H2,1-3H3/t9-/m0/s1. The third-order valence-electron chi connectivity index (χ3n) is 3.29. The van der Waals surface area contributed by atoms with Gasteiger partial charge in [-0.25, -0.2) is 4.39 Å². The maximum atomic E-state index is 13.2. The van der Waals surface area contributed by atoms with Crippen LogP contribution in [0.4, 0.5) is 4.39 Å². The minimum Gasteiger partial charge on any atom is -0.487 e. The Morgan fingerprint density at radius 2 is 2.19 bits per heavy atom. The van der Waals surface area contributed by atoms with Gasteiger partial charge < -0.3 is 9.84 Å². The van der Waals surface area contributed by atoms with Gasteiger partial charge in [0.15, 0.2) is 0 Å². The van der Waals surface area contributed by atoms with Gasteiger partial charge in [-0.2, -0.15) is 5.10 Å². The number of hydrogen-bond donors (Lipinski definition) is 1. The van der Waals surface area contributed by atoms with E-state index in [1.807, 2.05) is 6.92 Å². The normalized spacial score (nSPS) is 12.5. The molecular formula is C15H18ClFN2O2. The van der Waals surface area contributed by atoms with Crippen LogP contribution in [0.1, 0.15) is 36.9 Å². The van der Waals surface area contributed by atoms with Gasteiger partial charge in [-0.3, -0.25) is 4.68 Å². The Bertz CT molecular complexity index is 641. The molecular weight excluding hydrogens is 295 g/mol. The molecule has 114 valence electrons. The first kappa shape index (κ1) is 15.8. The Labute approximate surface area is 128 Å². The molecule has 1 heterocycles. The van der Waals surface area contributed by atoms with Crippen LogP contribution in [-0.4, -0.2) is 14.9 Å². The highest BCUT2D eigenvalue weighted by atomic mass is 35.5. The van der Waals surface area contributed by atoms with E-state index in [9.17, 15) is 9.50 Å². The van der Waals surface area contributed by atoms with Crippen molar-refractivity contribution in [3.63, 3.8) is 0 Å². The van der Waals surface area contributed by atoms with E-state index in [2.05, 4.69) is 5.10 Å². The molecule has 21 heavy (non-hydrogen) atoms. The predicted molar refractivity (Wildman–Crippen MR) is 79.0 cm³/mol. The molecule has 2 rings (SSSR count). The number of rotatable bonds is 5. The molecule has 0 unspecified atom stereocenters. The molecule has 6 heteroatoms. The van der Waals surface area contributed by atoms with Crippen molar-refractivity contribution in [3.05, 3.63) is 46.0 Å². The van der Waals surface area contributed by atoms with Crippen molar-refractivity contribution < 1.29 is 14.2 Å². The molecule has 0 amide bonds. The first-order chi connectivity index (χ1) is 9.93. The van der Waals surface area contributed by atoms with E-state index in [1.54, 1.807) is 18.7 Å². The topological polar surface area (TPSA) is 47.3 Å². The zero-order valence-electron chi connectivity index (χ0n) is 12.2. The molecule has 1 atom stereocenters. The molecule has 4 nitrogen and oxygen atoms in total. The number of aliphatic hydroxyl groups excluding tert-OH is 1. The summed E-state index contributed by atoms with van der Waals surface area (Å²) in [6.45, 7) is 3.74. The van der Waals surface area contributed by atoms with Crippen LogP contribution in [-0.2, 0) is 20.1 Å². The van der Waals surface area contributed by atoms with Crippen LogP contribution < -0.4 is 4.74 Å². The highest BCUT2D eigenvalue weighted by Gasteiger charge is 2.15. The lowest BCUT2D eigenvalue weighted by Crippen LogP contribution is -2.06. The minimum absolute atomic E-state index is 0.202. The van der Waals surface area contributed by atoms with Gasteiger partial charge in [-0.1, -0.05) is 18.5 Å². The number of nitrogens with zero attached hydrogens (tertiary/aromatic N) is 2. The molecule has 1 aromatic carbocycles. The zero-order valence-corrected chi connectivity index (χ0v) is 13.0. The highest BCUT2D eigenvalue weighted by Crippen LogP contribution is 2.28. The first-order valence-corrected chi connectivity index (χ1v) is 7.12. The third kappa shape index (κ3) is 3.36. The van der Waals surface area contributed by atoms with E-state index in [0.717, 1.165) is 17.8 Å². The number of aryl methyl sites for hydroxylation is 2. The van der Waals surface area contributed by atoms with Gasteiger partial charge >= 0.3 is 0 Å². The number of aliphatic hydroxyl groups is 1. The Kier molecular flexibility index (Phi) is 4.85. The van der Waals surface area contributed by atoms with Gasteiger partial charge in [0.2, 0.25) is 0 Å². The van der Waals surface area contributed by atoms with E-state index >= 15 is 0 Å². The van der Waals surface area contributed by atoms with Crippen LogP contribution in [0.15, 0.2) is 18.2 Å². The predicted octanol–water partition coefficient (Wildman–Crippen LogP) is 3.41. The van der Waals surface area contributed by atoms with Gasteiger partial charge in [-0.05, 0) is 31.5 Å². The van der Waals surface area contributed by atoms with Crippen LogP contribution >= 0.6 is 11.6 Å². The second-order valence-corrected chi connectivity index (χ2v) is 5.21. The average molecular weight is 313 g/mol. The van der Waals surface area contributed by atoms with E-state index in [1.165, 1.54) is 18.2 Å². The molecule has 2 aromatic rings. The van der Waals surface area contributed by atoms with Crippen LogP contribution in [0.25, 0.3) is 0 Å². The van der Waals surface area contributed by atoms with E-state index in [0.29, 0.717) is 16.3 Å². The van der Waals surface area contributed by atoms with E-state index < -0.39 is 11.9 Å². The lowest BCUT2D eigenvalue weighted by Gasteiger charge is -2.13. The summed E-state index contributed by atoms with van der Waals surface area (Å²) < 4.78 is 20.6. The molecule has 0 spiro atoms. The summed E-state index contributed by atoms with van der Waals surface area (Å²) in [5.41, 5.74) is 1.96. The van der Waals surface area contributed by atoms with Gasteiger partial charge in [0.1, 0.15) is 18.2 Å². The van der Waals surface area contributed by atoms with Crippen LogP contribution in [0, 0.1) is 5.82 Å². The summed E-state index contributed by atoms with van der Waals surface area (Å²) in [6.07, 6.45) is -0.0776. The largest absolute Gasteiger partial charge is 0.487 e. The summed E-state index contributed by atoms with van der Waals surface area (Å²) in [4.78, 5) is 0. The fourth-order valence-corrected chi connectivity index (χ4v) is 2.45. The van der Waals surface area contributed by atoms with Gasteiger partial charge in [0, 0.05) is 12.6 Å². The Morgan fingerprint density at radius 1 is 1.48 bits per heavy atom. The monoisotopic (exact) mass is 312 g/mol. The molecule has 1 aromatic heterocycles. The molecule has 0 aliphatic heterocycles. The second-order valence-electron chi connectivity index (χ2n) is 4.83. The molecule has 0 saturated heterocycles. The van der Waals surface area contributed by atoms with Crippen molar-refractivity contribution in [2.45, 2.75) is 33.0 Å². The molecule has 0 bridgehead atoms. The van der Waals surface area contributed by atoms with Crippen LogP contribution in [0.2, 0.25) is 5.02 Å². The summed E-state index contributed by atoms with van der Waals surface area (Å²) in [5.74, 6) is 0.0202. The number of ether oxygens (including phenoxy) is 1. The molecule has 0 aliphatic carbocycles. The van der Waals surface area contributed by atoms with Crippen molar-refractivity contribution >= 4 is 11.6 Å². The van der Waals surface area contributed by atoms with Crippen molar-refractivity contribution in [3.8, 4) is 5.75 Å². The van der Waals surface area contributed by atoms with Gasteiger partial charge in [-0.15, -0.1) is 0 Å². The minimum atomic E-state index is -0.816. The molecule has 0 fully saturated rings. The van der Waals surface area contributed by atoms with Crippen molar-refractivity contribution in [2.75, 3.05) is 0 Å². The Hall–Kier alpha value is -1.59. The molecule has 0 radical (unpaired) electrons. The lowest BCUT2D eigenvalue weighted by atomic mass is 10.1. The summed E-state index contributed by atoms with van der Waals surface area (Å²) in [5, 5.41) is 14.6. The summed E-state index contributed by atoms with van der Waals surface area (Å²) in [7, 11) is 1.80. The van der Waals surface area contributed by atoms with Crippen molar-refractivity contribution in [1.29, 1.82) is 0 Å². The maximum absolute atomic E-state index is 13.2. The smallest absolute Gasteiger partial charge is 0.131 e. The number of aromatic nitrogens is 2. The summed E-state index contributed by atoms with van der Waals surface area (Å²) >= 11 is 6.25. The fourth-order valence-electron chi connectivity index (χ4n) is 2.10. The SMILES string of the molecule is CCc1nn(C)c(COc2ccc(F)cc2[C@H](C)O)c1Cl. The highest BCUT2D eigenvalue weighted by molar-refractivity contribution is 6.31. The van der Waals surface area contributed by atoms with E-state index in [4.69, 9.17) is 16.3 Å². The second kappa shape index (κ2) is 6.45. The first-order valence-electron chi connectivity index (χ1n) is 6.74. The molecule has 0 saturated carbocycles. The average Bonchev–Trinajstić information content (AvgIpc) is 2.72. The molecule has 0 aliphatic rings. The zero-order chi connectivity index (χ0) is 15.6. The lowest BCUT2D eigenvalue weighted by molar-refractivity contribution is 0.189. The van der Waals surface area contributed by atoms with Crippen LogP contribution in [0.3, 0.4) is 0 Å². The maximum Gasteiger partial charge on any atom is 0.131 e. The van der Waals surface area contributed by atoms with E-state index in [-0.39, 0.29) is 6.61 Å². The van der Waals surface area contributed by atoms with Crippen molar-refractivity contribution in [2.24, 2.45) is 7.05 Å². The quantitative estimate of drug-likeness (QED) is 0.920. The van der Waals surface area contributed by atoms with Crippen molar-refractivity contribution in [1.82, 2.24) is 9.78 Å². The Balaban J connectivity index is 2.23.